The molecule has 0 bridgehead atoms. The fraction of sp³-hybridized carbons (Fsp3) is 0.364. The number of aromatic nitrogens is 16. The van der Waals surface area contributed by atoms with Crippen LogP contribution in [0.1, 0.15) is 145 Å². The van der Waals surface area contributed by atoms with E-state index in [2.05, 4.69) is 91.7 Å². The number of anilines is 8. The number of halogens is 7. The van der Waals surface area contributed by atoms with Gasteiger partial charge in [-0.15, -0.1) is 0 Å². The Kier molecular flexibility index (Phi) is 27.9. The number of urea groups is 4. The second-order valence-electron chi connectivity index (χ2n) is 32.4. The Hall–Kier alpha value is -13.1. The third-order valence-corrected chi connectivity index (χ3v) is 22.5. The molecule has 11 atom stereocenters. The second-order valence-corrected chi connectivity index (χ2v) is 33.7. The molecule has 128 heavy (non-hydrogen) atoms. The van der Waals surface area contributed by atoms with Crippen LogP contribution in [0.15, 0.2) is 190 Å². The minimum absolute atomic E-state index is 0.0101. The summed E-state index contributed by atoms with van der Waals surface area (Å²) in [5.41, 5.74) is 5.66. The first-order valence-electron chi connectivity index (χ1n) is 42.3. The van der Waals surface area contributed by atoms with E-state index in [1.165, 1.54) is 39.4 Å². The molecule has 4 aromatic carbocycles. The number of carbonyl (C=O) groups excluding carboxylic acids is 4. The Bertz CT molecular complexity index is 5950. The molecular formula is C88H101Cl3F4N28O5. The SMILES string of the molecule is CC(C)[C@H]1CN(C)C(=O)N1c1nc(N[C@@H](C)c2cn(-c3ccc(Cl)cc3)cn2)ncc1F.C[C@H](Nc1nccc(N2C(=O)N(C)C[C@@H]2[C@@H](C)O)n1)c1cn(-c2ccc(Cl)cc2)cn1.[2H]C1(C)NC(=O)N(c2ccnc(N[C@@H](C)c3cn(-c4ccc(C(F)(F)F)cc4)cn3)n2)[C@H]1C(C)C.[2H]C1(C)NC(=O)N(c2ccnc(N[C@@H](C)c3cn(-c4ccc(Cl)cc4)cn3)n2)[C@H]1C(C)C. The maximum absolute atomic E-state index is 14.6. The van der Waals surface area contributed by atoms with Gasteiger partial charge in [0.1, 0.15) is 17.5 Å². The van der Waals surface area contributed by atoms with Crippen LogP contribution >= 0.6 is 34.8 Å². The first-order valence-corrected chi connectivity index (χ1v) is 42.4. The number of alkyl halides is 3. The van der Waals surface area contributed by atoms with Crippen LogP contribution in [0.2, 0.25) is 15.1 Å². The standard InChI is InChI=1S/C23H26F3N7O.C22H25ClFN7O.C22H26ClN7O.C21H24ClN7O2/c1-13(2)20-15(4)30-22(34)33(20)19-9-10-27-21(31-19)29-14(3)18-11-32(12-28-18)17-7-5-16(6-8-17)23(24,25)26;1-13(2)19-11-29(4)22(32)31(19)20-17(24)9-25-21(28-20)27-14(3)18-10-30(12-26-18)16-7-5-15(23)6-8-16;1-13(2)20-15(4)27-22(31)30(20)19-9-10-24-21(28-19)26-14(3)18-11-29(12-25-18)17-7-5-16(23)6-8-17;1-13(17-10-28(12-24-17)16-6-4-15(22)5-7-16)25-20-23-9-8-19(26-20)29-18(14(2)30)11-27(3)21(29)31/h5-15,20H,1-4H3,(H,30,34)(H,27,29,31);5-10,12-14,19H,11H2,1-4H3,(H,25,27,28);5-15,20H,1-4H3,(H,27,31)(H,24,26,28);4-10,12-14,18,30H,11H2,1-3H3,(H,23,25,26)/t14-,15?,20-;14-,19+;14-,15?,20-;13-,14+,18+/m0000/s1/i15D;;15D;. The van der Waals surface area contributed by atoms with Gasteiger partial charge < -0.3 is 65.1 Å². The summed E-state index contributed by atoms with van der Waals surface area (Å²) < 4.78 is 77.4. The highest BCUT2D eigenvalue weighted by Crippen LogP contribution is 2.36. The molecular weight excluding hydrogens is 1710 g/mol. The predicted octanol–water partition coefficient (Wildman–Crippen LogP) is 16.9. The lowest BCUT2D eigenvalue weighted by Crippen LogP contribution is -2.41. The number of nitrogens with zero attached hydrogens (tertiary/aromatic N) is 22. The number of aliphatic hydroxyl groups excluding tert-OH is 1. The van der Waals surface area contributed by atoms with Crippen molar-refractivity contribution < 1.29 is 44.6 Å². The van der Waals surface area contributed by atoms with Crippen molar-refractivity contribution in [1.29, 1.82) is 0 Å². The zero-order chi connectivity index (χ0) is 93.7. The van der Waals surface area contributed by atoms with Gasteiger partial charge in [0.15, 0.2) is 11.6 Å². The van der Waals surface area contributed by atoms with Gasteiger partial charge in [-0.3, -0.25) is 19.6 Å². The van der Waals surface area contributed by atoms with E-state index in [4.69, 9.17) is 37.5 Å². The van der Waals surface area contributed by atoms with E-state index in [-0.39, 0.29) is 95.9 Å². The molecule has 7 N–H and O–H groups in total. The van der Waals surface area contributed by atoms with Crippen molar-refractivity contribution in [3.63, 3.8) is 0 Å². The molecule has 4 aliphatic heterocycles. The van der Waals surface area contributed by atoms with E-state index in [1.54, 1.807) is 110 Å². The molecule has 672 valence electrons. The third-order valence-electron chi connectivity index (χ3n) is 21.8. The number of likely N-dealkylation sites (N-methyl/N-ethyl adjacent to an activating group) is 2. The minimum atomic E-state index is -4.39. The average Bonchev–Trinajstić information content (AvgIpc) is 1.62. The molecule has 4 saturated heterocycles. The first kappa shape index (κ1) is 89.7. The molecule has 4 aliphatic rings. The van der Waals surface area contributed by atoms with Gasteiger partial charge in [0.2, 0.25) is 23.8 Å². The summed E-state index contributed by atoms with van der Waals surface area (Å²) in [6.45, 7) is 25.5. The van der Waals surface area contributed by atoms with Crippen molar-refractivity contribution in [2.75, 3.05) is 68.1 Å². The summed E-state index contributed by atoms with van der Waals surface area (Å²) in [4.78, 5) is 112. The Morgan fingerprint density at radius 3 is 1.06 bits per heavy atom. The van der Waals surface area contributed by atoms with Crippen LogP contribution in [0.5, 0.6) is 0 Å². The largest absolute Gasteiger partial charge is 0.416 e. The molecule has 12 aromatic rings. The molecule has 16 rings (SSSR count). The van der Waals surface area contributed by atoms with Gasteiger partial charge in [0.05, 0.1) is 117 Å². The maximum atomic E-state index is 14.6. The van der Waals surface area contributed by atoms with Crippen LogP contribution in [-0.2, 0) is 6.18 Å². The van der Waals surface area contributed by atoms with Gasteiger partial charge in [-0.25, -0.2) is 63.4 Å². The molecule has 40 heteroatoms. The van der Waals surface area contributed by atoms with Crippen molar-refractivity contribution in [1.82, 2.24) is 98.5 Å². The lowest BCUT2D eigenvalue weighted by Gasteiger charge is -2.27. The Morgan fingerprint density at radius 1 is 0.430 bits per heavy atom. The molecule has 33 nitrogen and oxygen atoms in total. The molecule has 0 spiro atoms. The highest BCUT2D eigenvalue weighted by atomic mass is 35.5. The van der Waals surface area contributed by atoms with Gasteiger partial charge in [-0.05, 0) is 181 Å². The van der Waals surface area contributed by atoms with E-state index < -0.39 is 47.8 Å². The number of amides is 8. The Morgan fingerprint density at radius 2 is 0.742 bits per heavy atom. The summed E-state index contributed by atoms with van der Waals surface area (Å²) in [5.74, 6) is 2.08. The van der Waals surface area contributed by atoms with Crippen molar-refractivity contribution >= 4 is 106 Å². The number of benzene rings is 4. The van der Waals surface area contributed by atoms with Gasteiger partial charge in [0.25, 0.3) is 0 Å². The molecule has 8 aromatic heterocycles. The van der Waals surface area contributed by atoms with Crippen molar-refractivity contribution in [3.8, 4) is 22.7 Å². The summed E-state index contributed by atoms with van der Waals surface area (Å²) in [6.07, 6.45) is 14.9. The van der Waals surface area contributed by atoms with E-state index >= 15 is 0 Å². The number of rotatable bonds is 24. The van der Waals surface area contributed by atoms with Crippen LogP contribution in [0.25, 0.3) is 22.7 Å². The maximum Gasteiger partial charge on any atom is 0.416 e. The Labute approximate surface area is 755 Å². The van der Waals surface area contributed by atoms with Crippen molar-refractivity contribution in [2.45, 2.75) is 163 Å². The molecule has 8 amide bonds. The monoisotopic (exact) mass is 1810 g/mol. The van der Waals surface area contributed by atoms with E-state index in [9.17, 15) is 41.8 Å². The molecule has 0 radical (unpaired) electrons. The van der Waals surface area contributed by atoms with E-state index in [1.807, 2.05) is 174 Å². The normalized spacial score (nSPS) is 20.0. The molecule has 12 heterocycles. The van der Waals surface area contributed by atoms with E-state index in [0.717, 1.165) is 52.5 Å². The molecule has 2 unspecified atom stereocenters. The zero-order valence-electron chi connectivity index (χ0n) is 74.8. The second kappa shape index (κ2) is 39.8. The fourth-order valence-corrected chi connectivity index (χ4v) is 15.4. The lowest BCUT2D eigenvalue weighted by molar-refractivity contribution is -0.137. The number of nitrogens with one attached hydrogen (secondary N) is 6. The topological polar surface area (TPSA) is 355 Å². The number of aliphatic hydroxyl groups is 1. The van der Waals surface area contributed by atoms with E-state index in [0.29, 0.717) is 68.9 Å². The van der Waals surface area contributed by atoms with Crippen LogP contribution in [0.3, 0.4) is 0 Å². The number of hydrogen-bond donors (Lipinski definition) is 7. The van der Waals surface area contributed by atoms with Crippen LogP contribution in [0.4, 0.5) is 83.8 Å². The van der Waals surface area contributed by atoms with Gasteiger partial charge >= 0.3 is 30.3 Å². The average molecular weight is 1820 g/mol. The molecule has 4 fully saturated rings. The lowest BCUT2D eigenvalue weighted by atomic mass is 9.98. The van der Waals surface area contributed by atoms with Gasteiger partial charge in [0, 0.05) is 120 Å². The van der Waals surface area contributed by atoms with Crippen LogP contribution in [-0.4, -0.2) is 187 Å². The number of hydrogen-bond acceptors (Lipinski definition) is 21. The highest BCUT2D eigenvalue weighted by molar-refractivity contribution is 6.31. The number of carbonyl (C=O) groups is 4. The summed E-state index contributed by atoms with van der Waals surface area (Å²) in [7, 11) is 3.41. The quantitative estimate of drug-likeness (QED) is 0.0276. The molecule has 0 aliphatic carbocycles. The highest BCUT2D eigenvalue weighted by Gasteiger charge is 2.44. The van der Waals surface area contributed by atoms with Crippen LogP contribution < -0.4 is 51.5 Å². The van der Waals surface area contributed by atoms with Crippen LogP contribution in [0, 0.1) is 23.6 Å². The fourth-order valence-electron chi connectivity index (χ4n) is 15.1. The summed E-state index contributed by atoms with van der Waals surface area (Å²) in [6, 6.07) is 26.5. The predicted molar refractivity (Wildman–Crippen MR) is 484 cm³/mol. The third kappa shape index (κ3) is 21.6. The Balaban J connectivity index is 0.000000148. The zero-order valence-corrected chi connectivity index (χ0v) is 75.1. The summed E-state index contributed by atoms with van der Waals surface area (Å²) in [5, 5.41) is 30.3. The van der Waals surface area contributed by atoms with Gasteiger partial charge in [-0.1, -0.05) is 76.3 Å². The first-order chi connectivity index (χ1) is 61.6. The number of imidazole rings is 4. The smallest absolute Gasteiger partial charge is 0.391 e. The van der Waals surface area contributed by atoms with Gasteiger partial charge in [-0.2, -0.15) is 33.1 Å². The van der Waals surface area contributed by atoms with Crippen molar-refractivity contribution in [3.05, 3.63) is 239 Å². The van der Waals surface area contributed by atoms with Crippen molar-refractivity contribution in [2.24, 2.45) is 17.8 Å². The minimum Gasteiger partial charge on any atom is -0.391 e. The molecule has 0 saturated carbocycles. The summed E-state index contributed by atoms with van der Waals surface area (Å²) >= 11 is 17.9.